The molecule has 73 heavy (non-hydrogen) atoms. The van der Waals surface area contributed by atoms with Crippen LogP contribution in [0.15, 0.2) is 278 Å². The standard InChI is InChI=1S/C70H45NOS/c1-5-17-49(18-6-1)69(50-19-7-2-8-20-50)63-28-16-14-26-57(63)61-43-53(33-37-64(61)69)71(55-32-36-60-59-34-29-47(42-67(59)73-68(60)45-55)46-30-38-66-48(41-46)39-40-72-66)54-31-35-58-56-25-13-15-27-62(56)70(65(58)44-54,51-21-9-3-10-22-51)52-23-11-4-12-24-52/h1-45H. The van der Waals surface area contributed by atoms with E-state index in [0.29, 0.717) is 0 Å². The zero-order chi connectivity index (χ0) is 48.1. The van der Waals surface area contributed by atoms with Gasteiger partial charge in [-0.15, -0.1) is 11.3 Å². The molecule has 0 aliphatic heterocycles. The van der Waals surface area contributed by atoms with Gasteiger partial charge in [-0.25, -0.2) is 0 Å². The Morgan fingerprint density at radius 2 is 0.767 bits per heavy atom. The minimum absolute atomic E-state index is 0.499. The lowest BCUT2D eigenvalue weighted by atomic mass is 9.67. The van der Waals surface area contributed by atoms with E-state index in [-0.39, 0.29) is 0 Å². The molecule has 0 bridgehead atoms. The summed E-state index contributed by atoms with van der Waals surface area (Å²) in [4.78, 5) is 2.51. The van der Waals surface area contributed by atoms with E-state index in [9.17, 15) is 0 Å². The van der Waals surface area contributed by atoms with Gasteiger partial charge in [0, 0.05) is 42.6 Å². The van der Waals surface area contributed by atoms with E-state index in [4.69, 9.17) is 4.42 Å². The van der Waals surface area contributed by atoms with Gasteiger partial charge in [-0.1, -0.05) is 206 Å². The molecule has 0 spiro atoms. The Morgan fingerprint density at radius 3 is 1.41 bits per heavy atom. The summed E-state index contributed by atoms with van der Waals surface area (Å²) in [5, 5.41) is 3.64. The van der Waals surface area contributed by atoms with Crippen molar-refractivity contribution in [3.05, 3.63) is 318 Å². The molecule has 3 heteroatoms. The van der Waals surface area contributed by atoms with E-state index in [1.165, 1.54) is 98.1 Å². The van der Waals surface area contributed by atoms with Crippen LogP contribution in [0.3, 0.4) is 0 Å². The van der Waals surface area contributed by atoms with Crippen LogP contribution in [0.1, 0.15) is 44.5 Å². The molecule has 0 fully saturated rings. The number of hydrogen-bond acceptors (Lipinski definition) is 3. The minimum Gasteiger partial charge on any atom is -0.464 e. The Bertz CT molecular complexity index is 4190. The first kappa shape index (κ1) is 41.7. The highest BCUT2D eigenvalue weighted by Gasteiger charge is 2.48. The molecule has 2 aliphatic rings. The quantitative estimate of drug-likeness (QED) is 0.151. The number of hydrogen-bond donors (Lipinski definition) is 0. The van der Waals surface area contributed by atoms with Gasteiger partial charge >= 0.3 is 0 Å². The third-order valence-electron chi connectivity index (χ3n) is 15.9. The van der Waals surface area contributed by atoms with Crippen molar-refractivity contribution >= 4 is 59.5 Å². The summed E-state index contributed by atoms with van der Waals surface area (Å²) in [5.74, 6) is 0. The van der Waals surface area contributed by atoms with Gasteiger partial charge in [0.2, 0.25) is 0 Å². The first-order chi connectivity index (χ1) is 36.2. The Hall–Kier alpha value is -9.02. The Kier molecular flexibility index (Phi) is 9.30. The molecule has 0 saturated heterocycles. The van der Waals surface area contributed by atoms with Gasteiger partial charge in [0.15, 0.2) is 0 Å². The Balaban J connectivity index is 0.969. The maximum Gasteiger partial charge on any atom is 0.133 e. The summed E-state index contributed by atoms with van der Waals surface area (Å²) in [7, 11) is 0. The lowest BCUT2D eigenvalue weighted by molar-refractivity contribution is 0.616. The summed E-state index contributed by atoms with van der Waals surface area (Å²) < 4.78 is 8.19. The molecule has 15 rings (SSSR count). The molecule has 2 aliphatic carbocycles. The van der Waals surface area contributed by atoms with Crippen LogP contribution in [-0.2, 0) is 10.8 Å². The fourth-order valence-electron chi connectivity index (χ4n) is 12.8. The van der Waals surface area contributed by atoms with E-state index in [1.54, 1.807) is 6.26 Å². The summed E-state index contributed by atoms with van der Waals surface area (Å²) in [6.45, 7) is 0. The van der Waals surface area contributed by atoms with Crippen LogP contribution in [0, 0.1) is 0 Å². The molecule has 0 radical (unpaired) electrons. The van der Waals surface area contributed by atoms with Crippen molar-refractivity contribution in [2.45, 2.75) is 10.8 Å². The summed E-state index contributed by atoms with van der Waals surface area (Å²) in [5.41, 5.74) is 20.7. The molecule has 0 amide bonds. The average molecular weight is 948 g/mol. The number of rotatable bonds is 8. The smallest absolute Gasteiger partial charge is 0.133 e. The summed E-state index contributed by atoms with van der Waals surface area (Å²) >= 11 is 1.86. The van der Waals surface area contributed by atoms with Crippen molar-refractivity contribution in [3.63, 3.8) is 0 Å². The highest BCUT2D eigenvalue weighted by atomic mass is 32.1. The van der Waals surface area contributed by atoms with Crippen molar-refractivity contribution in [1.29, 1.82) is 0 Å². The van der Waals surface area contributed by atoms with Crippen LogP contribution in [-0.4, -0.2) is 0 Å². The molecule has 2 nitrogen and oxygen atoms in total. The number of nitrogens with zero attached hydrogens (tertiary/aromatic N) is 1. The third kappa shape index (κ3) is 6.10. The van der Waals surface area contributed by atoms with Crippen molar-refractivity contribution < 1.29 is 4.42 Å². The molecule has 0 atom stereocenters. The molecule has 2 heterocycles. The molecule has 0 unspecified atom stereocenters. The molecule has 2 aromatic heterocycles. The molecule has 13 aromatic rings. The van der Waals surface area contributed by atoms with Crippen molar-refractivity contribution in [2.75, 3.05) is 4.90 Å². The second-order valence-corrected chi connectivity index (χ2v) is 20.6. The Morgan fingerprint density at radius 1 is 0.315 bits per heavy atom. The van der Waals surface area contributed by atoms with Gasteiger partial charge in [-0.05, 0) is 139 Å². The minimum atomic E-state index is -0.548. The van der Waals surface area contributed by atoms with Gasteiger partial charge in [0.05, 0.1) is 17.1 Å². The lowest BCUT2D eigenvalue weighted by Gasteiger charge is -2.35. The van der Waals surface area contributed by atoms with Crippen LogP contribution in [0.4, 0.5) is 17.1 Å². The first-order valence-corrected chi connectivity index (χ1v) is 25.9. The number of thiophene rings is 1. The number of furan rings is 1. The van der Waals surface area contributed by atoms with Crippen LogP contribution in [0.2, 0.25) is 0 Å². The predicted molar refractivity (Wildman–Crippen MR) is 304 cm³/mol. The lowest BCUT2D eigenvalue weighted by Crippen LogP contribution is -2.28. The number of fused-ring (bicyclic) bond motifs is 10. The normalized spacial score (nSPS) is 13.7. The molecule has 0 N–H and O–H groups in total. The van der Waals surface area contributed by atoms with Crippen LogP contribution >= 0.6 is 11.3 Å². The maximum atomic E-state index is 5.68. The molecule has 0 saturated carbocycles. The van der Waals surface area contributed by atoms with E-state index in [2.05, 4.69) is 266 Å². The maximum absolute atomic E-state index is 5.68. The van der Waals surface area contributed by atoms with Crippen LogP contribution in [0.5, 0.6) is 0 Å². The molecule has 342 valence electrons. The van der Waals surface area contributed by atoms with Crippen molar-refractivity contribution in [3.8, 4) is 33.4 Å². The van der Waals surface area contributed by atoms with Gasteiger partial charge in [0.1, 0.15) is 5.58 Å². The highest BCUT2D eigenvalue weighted by Crippen LogP contribution is 2.59. The zero-order valence-corrected chi connectivity index (χ0v) is 40.6. The highest BCUT2D eigenvalue weighted by molar-refractivity contribution is 7.25. The van der Waals surface area contributed by atoms with Gasteiger partial charge in [-0.3, -0.25) is 0 Å². The molecular formula is C70H45NOS. The number of benzene rings is 11. The van der Waals surface area contributed by atoms with Crippen LogP contribution < -0.4 is 4.90 Å². The van der Waals surface area contributed by atoms with E-state index in [1.807, 2.05) is 17.4 Å². The molecular weight excluding hydrogens is 903 g/mol. The fraction of sp³-hybridized carbons (Fsp3) is 0.0286. The SMILES string of the molecule is c1ccc(C2(c3ccccc3)c3ccccc3-c3cc(N(c4ccc5c(c4)C(c4ccccc4)(c4ccccc4)c4ccccc4-5)c4ccc5c(c4)sc4cc(-c6ccc7occc7c6)ccc45)ccc32)cc1. The predicted octanol–water partition coefficient (Wildman–Crippen LogP) is 18.7. The van der Waals surface area contributed by atoms with Gasteiger partial charge in [-0.2, -0.15) is 0 Å². The fourth-order valence-corrected chi connectivity index (χ4v) is 14.0. The Labute approximate surface area is 428 Å². The monoisotopic (exact) mass is 947 g/mol. The third-order valence-corrected chi connectivity index (χ3v) is 17.0. The average Bonchev–Trinajstić information content (AvgIpc) is 4.28. The second-order valence-electron chi connectivity index (χ2n) is 19.5. The number of anilines is 3. The summed E-state index contributed by atoms with van der Waals surface area (Å²) in [6, 6.07) is 99.5. The zero-order valence-electron chi connectivity index (χ0n) is 39.7. The van der Waals surface area contributed by atoms with E-state index in [0.717, 1.165) is 28.0 Å². The largest absolute Gasteiger partial charge is 0.464 e. The molecule has 11 aromatic carbocycles. The van der Waals surface area contributed by atoms with Crippen molar-refractivity contribution in [1.82, 2.24) is 0 Å². The van der Waals surface area contributed by atoms with Crippen LogP contribution in [0.25, 0.3) is 64.5 Å². The topological polar surface area (TPSA) is 16.4 Å². The second kappa shape index (κ2) is 16.3. The van der Waals surface area contributed by atoms with Gasteiger partial charge < -0.3 is 9.32 Å². The summed E-state index contributed by atoms with van der Waals surface area (Å²) in [6.07, 6.45) is 1.76. The van der Waals surface area contributed by atoms with E-state index >= 15 is 0 Å². The van der Waals surface area contributed by atoms with Crippen molar-refractivity contribution in [2.24, 2.45) is 0 Å². The van der Waals surface area contributed by atoms with E-state index < -0.39 is 10.8 Å². The van der Waals surface area contributed by atoms with Gasteiger partial charge in [0.25, 0.3) is 0 Å². The first-order valence-electron chi connectivity index (χ1n) is 25.1.